The van der Waals surface area contributed by atoms with Gasteiger partial charge in [0, 0.05) is 17.3 Å². The summed E-state index contributed by atoms with van der Waals surface area (Å²) in [4.78, 5) is 31.5. The molecule has 30 heavy (non-hydrogen) atoms. The standard InChI is InChI=1S/C23H20N4O3/c28-21-17-9-6-10-18(25-23(29)26-19-11-4-5-12-24-19)20(17)22-27(21)16(14-30-22)13-15-7-2-1-3-8-15/h1-12,16,22H,13-14H2,(H2,24,25,26,29)/t16-,22?/m0/s1. The topological polar surface area (TPSA) is 83.6 Å². The second-order valence-electron chi connectivity index (χ2n) is 7.30. The number of hydrogen-bond donors (Lipinski definition) is 2. The number of carbonyl (C=O) groups is 2. The molecule has 0 saturated carbocycles. The van der Waals surface area contributed by atoms with Gasteiger partial charge in [0.25, 0.3) is 5.91 Å². The lowest BCUT2D eigenvalue weighted by Crippen LogP contribution is -2.35. The average Bonchev–Trinajstić information content (AvgIpc) is 3.29. The number of urea groups is 1. The Kier molecular flexibility index (Phi) is 4.65. The van der Waals surface area contributed by atoms with Crippen LogP contribution in [0.3, 0.4) is 0 Å². The lowest BCUT2D eigenvalue weighted by atomic mass is 10.1. The Labute approximate surface area is 173 Å². The van der Waals surface area contributed by atoms with Crippen LogP contribution in [0.4, 0.5) is 16.3 Å². The fourth-order valence-corrected chi connectivity index (χ4v) is 4.06. The van der Waals surface area contributed by atoms with Crippen LogP contribution in [0.25, 0.3) is 0 Å². The highest BCUT2D eigenvalue weighted by atomic mass is 16.5. The van der Waals surface area contributed by atoms with Crippen molar-refractivity contribution in [1.82, 2.24) is 9.88 Å². The normalized spacial score (nSPS) is 19.3. The van der Waals surface area contributed by atoms with E-state index in [1.807, 2.05) is 18.2 Å². The predicted octanol–water partition coefficient (Wildman–Crippen LogP) is 3.82. The van der Waals surface area contributed by atoms with E-state index in [2.05, 4.69) is 27.8 Å². The van der Waals surface area contributed by atoms with Crippen LogP contribution in [0.5, 0.6) is 0 Å². The summed E-state index contributed by atoms with van der Waals surface area (Å²) < 4.78 is 6.02. The number of pyridine rings is 1. The molecule has 5 rings (SSSR count). The number of rotatable bonds is 4. The van der Waals surface area contributed by atoms with E-state index in [0.717, 1.165) is 12.0 Å². The predicted molar refractivity (Wildman–Crippen MR) is 112 cm³/mol. The highest BCUT2D eigenvalue weighted by Crippen LogP contribution is 2.44. The van der Waals surface area contributed by atoms with Gasteiger partial charge in [-0.05, 0) is 36.2 Å². The van der Waals surface area contributed by atoms with E-state index in [0.29, 0.717) is 29.2 Å². The quantitative estimate of drug-likeness (QED) is 0.697. The number of nitrogens with one attached hydrogen (secondary N) is 2. The first-order valence-electron chi connectivity index (χ1n) is 9.81. The summed E-state index contributed by atoms with van der Waals surface area (Å²) in [5.41, 5.74) is 2.98. The molecule has 0 spiro atoms. The molecule has 0 aliphatic carbocycles. The molecule has 3 heterocycles. The molecule has 1 fully saturated rings. The Morgan fingerprint density at radius 2 is 1.87 bits per heavy atom. The first-order valence-corrected chi connectivity index (χ1v) is 9.81. The summed E-state index contributed by atoms with van der Waals surface area (Å²) in [5.74, 6) is 0.377. The smallest absolute Gasteiger partial charge is 0.324 e. The molecular weight excluding hydrogens is 380 g/mol. The van der Waals surface area contributed by atoms with Crippen molar-refractivity contribution in [3.8, 4) is 0 Å². The summed E-state index contributed by atoms with van der Waals surface area (Å²) in [7, 11) is 0. The number of amides is 3. The Bertz CT molecular complexity index is 1090. The number of hydrogen-bond acceptors (Lipinski definition) is 4. The first-order chi connectivity index (χ1) is 14.7. The van der Waals surface area contributed by atoms with Crippen LogP contribution in [-0.2, 0) is 11.2 Å². The Hall–Kier alpha value is -3.71. The van der Waals surface area contributed by atoms with E-state index in [4.69, 9.17) is 4.74 Å². The zero-order valence-corrected chi connectivity index (χ0v) is 16.1. The number of carbonyl (C=O) groups excluding carboxylic acids is 2. The maximum atomic E-state index is 13.1. The molecule has 7 heteroatoms. The molecule has 0 radical (unpaired) electrons. The van der Waals surface area contributed by atoms with Crippen molar-refractivity contribution in [2.24, 2.45) is 0 Å². The fraction of sp³-hybridized carbons (Fsp3) is 0.174. The molecule has 7 nitrogen and oxygen atoms in total. The minimum Gasteiger partial charge on any atom is -0.352 e. The van der Waals surface area contributed by atoms with Crippen molar-refractivity contribution in [3.63, 3.8) is 0 Å². The second-order valence-corrected chi connectivity index (χ2v) is 7.30. The average molecular weight is 400 g/mol. The second kappa shape index (κ2) is 7.61. The fourth-order valence-electron chi connectivity index (χ4n) is 4.06. The number of aromatic nitrogens is 1. The van der Waals surface area contributed by atoms with Crippen molar-refractivity contribution < 1.29 is 14.3 Å². The van der Waals surface area contributed by atoms with Crippen molar-refractivity contribution in [2.75, 3.05) is 17.2 Å². The summed E-state index contributed by atoms with van der Waals surface area (Å²) in [6.45, 7) is 0.458. The first kappa shape index (κ1) is 18.3. The van der Waals surface area contributed by atoms with E-state index in [1.54, 1.807) is 47.5 Å². The zero-order valence-electron chi connectivity index (χ0n) is 16.1. The maximum absolute atomic E-state index is 13.1. The molecule has 1 saturated heterocycles. The molecule has 2 aliphatic heterocycles. The van der Waals surface area contributed by atoms with Gasteiger partial charge in [0.05, 0.1) is 18.3 Å². The summed E-state index contributed by atoms with van der Waals surface area (Å²) in [6.07, 6.45) is 1.83. The third-order valence-corrected chi connectivity index (χ3v) is 5.38. The number of nitrogens with zero attached hydrogens (tertiary/aromatic N) is 2. The van der Waals surface area contributed by atoms with Crippen molar-refractivity contribution >= 4 is 23.4 Å². The van der Waals surface area contributed by atoms with Gasteiger partial charge in [-0.25, -0.2) is 9.78 Å². The van der Waals surface area contributed by atoms with Crippen LogP contribution in [-0.4, -0.2) is 34.5 Å². The van der Waals surface area contributed by atoms with E-state index in [9.17, 15) is 9.59 Å². The zero-order chi connectivity index (χ0) is 20.5. The monoisotopic (exact) mass is 400 g/mol. The highest BCUT2D eigenvalue weighted by Gasteiger charge is 2.47. The van der Waals surface area contributed by atoms with Gasteiger partial charge in [-0.15, -0.1) is 0 Å². The van der Waals surface area contributed by atoms with Gasteiger partial charge < -0.3 is 15.0 Å². The van der Waals surface area contributed by atoms with Crippen LogP contribution in [0.2, 0.25) is 0 Å². The van der Waals surface area contributed by atoms with Gasteiger partial charge in [-0.1, -0.05) is 42.5 Å². The molecule has 150 valence electrons. The van der Waals surface area contributed by atoms with E-state index in [-0.39, 0.29) is 11.9 Å². The van der Waals surface area contributed by atoms with E-state index >= 15 is 0 Å². The molecule has 0 bridgehead atoms. The molecule has 2 atom stereocenters. The third-order valence-electron chi connectivity index (χ3n) is 5.38. The van der Waals surface area contributed by atoms with Crippen molar-refractivity contribution in [1.29, 1.82) is 0 Å². The molecule has 1 unspecified atom stereocenters. The third kappa shape index (κ3) is 3.29. The van der Waals surface area contributed by atoms with Crippen molar-refractivity contribution in [2.45, 2.75) is 18.7 Å². The summed E-state index contributed by atoms with van der Waals surface area (Å²) in [6, 6.07) is 20.2. The molecule has 2 aliphatic rings. The van der Waals surface area contributed by atoms with Gasteiger partial charge in [-0.2, -0.15) is 0 Å². The van der Waals surface area contributed by atoms with Gasteiger partial charge in [-0.3, -0.25) is 10.1 Å². The highest BCUT2D eigenvalue weighted by molar-refractivity contribution is 6.05. The molecule has 1 aromatic heterocycles. The number of anilines is 2. The molecule has 2 N–H and O–H groups in total. The maximum Gasteiger partial charge on any atom is 0.324 e. The number of ether oxygens (including phenoxy) is 1. The lowest BCUT2D eigenvalue weighted by molar-refractivity contribution is 0.0356. The van der Waals surface area contributed by atoms with Gasteiger partial charge in [0.15, 0.2) is 6.23 Å². The molecular formula is C23H20N4O3. The number of fused-ring (bicyclic) bond motifs is 3. The summed E-state index contributed by atoms with van der Waals surface area (Å²) in [5, 5.41) is 5.53. The van der Waals surface area contributed by atoms with Crippen LogP contribution in [0.15, 0.2) is 72.9 Å². The van der Waals surface area contributed by atoms with Gasteiger partial charge in [0.2, 0.25) is 0 Å². The minimum absolute atomic E-state index is 0.0486. The minimum atomic E-state index is -0.493. The van der Waals surface area contributed by atoms with E-state index in [1.165, 1.54) is 0 Å². The summed E-state index contributed by atoms with van der Waals surface area (Å²) >= 11 is 0. The van der Waals surface area contributed by atoms with E-state index < -0.39 is 12.3 Å². The molecule has 3 aromatic rings. The van der Waals surface area contributed by atoms with Crippen LogP contribution in [0.1, 0.15) is 27.7 Å². The largest absolute Gasteiger partial charge is 0.352 e. The lowest BCUT2D eigenvalue weighted by Gasteiger charge is -2.22. The number of benzene rings is 2. The molecule has 2 aromatic carbocycles. The van der Waals surface area contributed by atoms with Gasteiger partial charge >= 0.3 is 6.03 Å². The Morgan fingerprint density at radius 1 is 1.03 bits per heavy atom. The Morgan fingerprint density at radius 3 is 2.67 bits per heavy atom. The van der Waals surface area contributed by atoms with Crippen molar-refractivity contribution in [3.05, 3.63) is 89.6 Å². The van der Waals surface area contributed by atoms with Crippen LogP contribution in [0, 0.1) is 0 Å². The Balaban J connectivity index is 1.37. The molecule has 3 amide bonds. The van der Waals surface area contributed by atoms with Crippen LogP contribution >= 0.6 is 0 Å². The SMILES string of the molecule is O=C(Nc1ccccn1)Nc1cccc2c1C1OC[C@H](Cc3ccccc3)N1C2=O. The van der Waals surface area contributed by atoms with Crippen LogP contribution < -0.4 is 10.6 Å². The van der Waals surface area contributed by atoms with Gasteiger partial charge in [0.1, 0.15) is 5.82 Å².